The number of rotatable bonds is 3. The lowest BCUT2D eigenvalue weighted by atomic mass is 10.2. The molecule has 1 saturated heterocycles. The van der Waals surface area contributed by atoms with Gasteiger partial charge in [-0.1, -0.05) is 17.3 Å². The first-order valence-corrected chi connectivity index (χ1v) is 6.73. The summed E-state index contributed by atoms with van der Waals surface area (Å²) in [6, 6.07) is 6.91. The third-order valence-corrected chi connectivity index (χ3v) is 3.49. The largest absolute Gasteiger partial charge is 0.367 e. The van der Waals surface area contributed by atoms with E-state index in [1.54, 1.807) is 6.07 Å². The summed E-state index contributed by atoms with van der Waals surface area (Å²) in [5.41, 5.74) is 0.681. The van der Waals surface area contributed by atoms with Crippen molar-refractivity contribution in [3.05, 3.63) is 41.8 Å². The maximum Gasteiger partial charge on any atom is 0.240 e. The normalized spacial score (nSPS) is 16.6. The molecule has 3 rings (SSSR count). The Labute approximate surface area is 117 Å². The topological polar surface area (TPSA) is 45.4 Å². The fourth-order valence-corrected chi connectivity index (χ4v) is 2.45. The van der Waals surface area contributed by atoms with Crippen LogP contribution in [-0.2, 0) is 6.54 Å². The van der Waals surface area contributed by atoms with Crippen LogP contribution in [0.15, 0.2) is 28.8 Å². The third kappa shape index (κ3) is 2.80. The van der Waals surface area contributed by atoms with Crippen molar-refractivity contribution in [3.8, 4) is 0 Å². The number of para-hydroxylation sites is 1. The molecule has 1 aliphatic heterocycles. The van der Waals surface area contributed by atoms with Crippen LogP contribution in [0.25, 0.3) is 0 Å². The third-order valence-electron chi connectivity index (χ3n) is 3.49. The number of hydrogen-bond acceptors (Lipinski definition) is 5. The SMILES string of the molecule is Cc1noc(CN2CCN(c3ccccc3F)CC2)n1. The Kier molecular flexibility index (Phi) is 3.64. The fraction of sp³-hybridized carbons (Fsp3) is 0.429. The molecule has 0 N–H and O–H groups in total. The number of aryl methyl sites for hydroxylation is 1. The van der Waals surface area contributed by atoms with Gasteiger partial charge in [0.15, 0.2) is 5.82 Å². The van der Waals surface area contributed by atoms with Crippen molar-refractivity contribution in [2.45, 2.75) is 13.5 Å². The number of benzene rings is 1. The number of aromatic nitrogens is 2. The summed E-state index contributed by atoms with van der Waals surface area (Å²) in [6.07, 6.45) is 0. The van der Waals surface area contributed by atoms with Gasteiger partial charge < -0.3 is 9.42 Å². The minimum Gasteiger partial charge on any atom is -0.367 e. The van der Waals surface area contributed by atoms with Crippen LogP contribution in [0, 0.1) is 12.7 Å². The minimum absolute atomic E-state index is 0.159. The molecule has 6 heteroatoms. The van der Waals surface area contributed by atoms with Crippen molar-refractivity contribution in [3.63, 3.8) is 0 Å². The van der Waals surface area contributed by atoms with E-state index >= 15 is 0 Å². The summed E-state index contributed by atoms with van der Waals surface area (Å²) in [5, 5.41) is 3.78. The van der Waals surface area contributed by atoms with Crippen LogP contribution in [0.3, 0.4) is 0 Å². The summed E-state index contributed by atoms with van der Waals surface area (Å²) in [4.78, 5) is 8.52. The predicted octanol–water partition coefficient (Wildman–Crippen LogP) is 1.84. The molecule has 20 heavy (non-hydrogen) atoms. The van der Waals surface area contributed by atoms with Crippen LogP contribution < -0.4 is 4.90 Å². The molecule has 0 radical (unpaired) electrons. The molecule has 0 unspecified atom stereocenters. The van der Waals surface area contributed by atoms with Gasteiger partial charge in [-0.15, -0.1) is 0 Å². The van der Waals surface area contributed by atoms with Crippen LogP contribution in [0.2, 0.25) is 0 Å². The molecule has 2 heterocycles. The Morgan fingerprint density at radius 3 is 2.60 bits per heavy atom. The molecular formula is C14H17FN4O. The monoisotopic (exact) mass is 276 g/mol. The average molecular weight is 276 g/mol. The Balaban J connectivity index is 1.58. The van der Waals surface area contributed by atoms with Gasteiger partial charge in [0.05, 0.1) is 12.2 Å². The minimum atomic E-state index is -0.159. The number of anilines is 1. The quantitative estimate of drug-likeness (QED) is 0.856. The molecule has 0 saturated carbocycles. The van der Waals surface area contributed by atoms with Crippen molar-refractivity contribution in [1.82, 2.24) is 15.0 Å². The zero-order valence-electron chi connectivity index (χ0n) is 11.4. The Hall–Kier alpha value is -1.95. The lowest BCUT2D eigenvalue weighted by Crippen LogP contribution is -2.46. The Bertz CT molecular complexity index is 578. The zero-order chi connectivity index (χ0) is 13.9. The highest BCUT2D eigenvalue weighted by molar-refractivity contribution is 5.47. The summed E-state index contributed by atoms with van der Waals surface area (Å²) < 4.78 is 18.9. The molecule has 0 atom stereocenters. The smallest absolute Gasteiger partial charge is 0.240 e. The van der Waals surface area contributed by atoms with E-state index < -0.39 is 0 Å². The van der Waals surface area contributed by atoms with E-state index in [1.165, 1.54) is 6.07 Å². The van der Waals surface area contributed by atoms with Gasteiger partial charge in [-0.3, -0.25) is 4.90 Å². The number of piperazine rings is 1. The molecule has 1 aliphatic rings. The van der Waals surface area contributed by atoms with Crippen molar-refractivity contribution in [1.29, 1.82) is 0 Å². The Morgan fingerprint density at radius 2 is 1.95 bits per heavy atom. The first-order chi connectivity index (χ1) is 9.72. The van der Waals surface area contributed by atoms with Crippen LogP contribution in [-0.4, -0.2) is 41.2 Å². The van der Waals surface area contributed by atoms with Crippen LogP contribution >= 0.6 is 0 Å². The molecule has 0 spiro atoms. The Morgan fingerprint density at radius 1 is 1.20 bits per heavy atom. The molecule has 1 aromatic heterocycles. The fourth-order valence-electron chi connectivity index (χ4n) is 2.45. The van der Waals surface area contributed by atoms with E-state index in [-0.39, 0.29) is 5.82 Å². The van der Waals surface area contributed by atoms with E-state index in [0.29, 0.717) is 23.9 Å². The van der Waals surface area contributed by atoms with Gasteiger partial charge in [-0.25, -0.2) is 4.39 Å². The second-order valence-corrected chi connectivity index (χ2v) is 4.95. The first-order valence-electron chi connectivity index (χ1n) is 6.73. The summed E-state index contributed by atoms with van der Waals surface area (Å²) in [7, 11) is 0. The average Bonchev–Trinajstić information content (AvgIpc) is 2.86. The summed E-state index contributed by atoms with van der Waals surface area (Å²) in [6.45, 7) is 5.78. The highest BCUT2D eigenvalue weighted by atomic mass is 19.1. The lowest BCUT2D eigenvalue weighted by molar-refractivity contribution is 0.215. The van der Waals surface area contributed by atoms with Gasteiger partial charge >= 0.3 is 0 Å². The van der Waals surface area contributed by atoms with E-state index in [1.807, 2.05) is 19.1 Å². The second-order valence-electron chi connectivity index (χ2n) is 4.95. The van der Waals surface area contributed by atoms with Crippen LogP contribution in [0.4, 0.5) is 10.1 Å². The molecule has 5 nitrogen and oxygen atoms in total. The standard InChI is InChI=1S/C14H17FN4O/c1-11-16-14(20-17-11)10-18-6-8-19(9-7-18)13-5-3-2-4-12(13)15/h2-5H,6-10H2,1H3. The van der Waals surface area contributed by atoms with Gasteiger partial charge in [-0.2, -0.15) is 4.98 Å². The highest BCUT2D eigenvalue weighted by Gasteiger charge is 2.20. The van der Waals surface area contributed by atoms with E-state index in [0.717, 1.165) is 26.2 Å². The predicted molar refractivity (Wildman–Crippen MR) is 72.9 cm³/mol. The number of nitrogens with zero attached hydrogens (tertiary/aromatic N) is 4. The van der Waals surface area contributed by atoms with Crippen LogP contribution in [0.1, 0.15) is 11.7 Å². The lowest BCUT2D eigenvalue weighted by Gasteiger charge is -2.35. The summed E-state index contributed by atoms with van der Waals surface area (Å²) in [5.74, 6) is 1.14. The molecule has 1 fully saturated rings. The number of hydrogen-bond donors (Lipinski definition) is 0. The van der Waals surface area contributed by atoms with Crippen molar-refractivity contribution >= 4 is 5.69 Å². The van der Waals surface area contributed by atoms with E-state index in [9.17, 15) is 4.39 Å². The van der Waals surface area contributed by atoms with Crippen molar-refractivity contribution < 1.29 is 8.91 Å². The second kappa shape index (κ2) is 5.58. The molecule has 1 aromatic carbocycles. The summed E-state index contributed by atoms with van der Waals surface area (Å²) >= 11 is 0. The van der Waals surface area contributed by atoms with Gasteiger partial charge in [0.2, 0.25) is 5.89 Å². The van der Waals surface area contributed by atoms with Crippen molar-refractivity contribution in [2.75, 3.05) is 31.1 Å². The van der Waals surface area contributed by atoms with Gasteiger partial charge in [0.25, 0.3) is 0 Å². The van der Waals surface area contributed by atoms with Crippen LogP contribution in [0.5, 0.6) is 0 Å². The first kappa shape index (κ1) is 13.1. The van der Waals surface area contributed by atoms with Crippen molar-refractivity contribution in [2.24, 2.45) is 0 Å². The van der Waals surface area contributed by atoms with E-state index in [2.05, 4.69) is 19.9 Å². The van der Waals surface area contributed by atoms with Gasteiger partial charge in [0, 0.05) is 26.2 Å². The number of halogens is 1. The maximum absolute atomic E-state index is 13.7. The molecule has 0 bridgehead atoms. The molecule has 0 amide bonds. The molecule has 2 aromatic rings. The van der Waals surface area contributed by atoms with E-state index in [4.69, 9.17) is 4.52 Å². The van der Waals surface area contributed by atoms with Gasteiger partial charge in [-0.05, 0) is 19.1 Å². The maximum atomic E-state index is 13.7. The molecule has 106 valence electrons. The zero-order valence-corrected chi connectivity index (χ0v) is 11.4. The van der Waals surface area contributed by atoms with Gasteiger partial charge in [0.1, 0.15) is 5.82 Å². The molecular weight excluding hydrogens is 259 g/mol. The molecule has 0 aliphatic carbocycles. The highest BCUT2D eigenvalue weighted by Crippen LogP contribution is 2.20.